The predicted octanol–water partition coefficient (Wildman–Crippen LogP) is 3.82. The Morgan fingerprint density at radius 1 is 0.970 bits per heavy atom. The van der Waals surface area contributed by atoms with Gasteiger partial charge in [0, 0.05) is 0 Å². The lowest BCUT2D eigenvalue weighted by Gasteiger charge is -2.22. The van der Waals surface area contributed by atoms with Crippen molar-refractivity contribution < 1.29 is 14.3 Å². The summed E-state index contributed by atoms with van der Waals surface area (Å²) in [7, 11) is 1.50. The summed E-state index contributed by atoms with van der Waals surface area (Å²) >= 11 is 0. The van der Waals surface area contributed by atoms with Crippen molar-refractivity contribution in [3.05, 3.63) is 78.8 Å². The fraction of sp³-hybridized carbons (Fsp3) is 0.200. The highest BCUT2D eigenvalue weighted by Crippen LogP contribution is 2.19. The van der Waals surface area contributed by atoms with Crippen LogP contribution >= 0.6 is 0 Å². The Balaban J connectivity index is 1.48. The van der Waals surface area contributed by atoms with E-state index >= 15 is 0 Å². The second-order valence-corrected chi connectivity index (χ2v) is 7.89. The minimum absolute atomic E-state index is 0.131. The molecule has 4 aromatic rings. The van der Waals surface area contributed by atoms with Crippen LogP contribution in [0.4, 0.5) is 5.69 Å². The summed E-state index contributed by atoms with van der Waals surface area (Å²) in [6.07, 6.45) is 3.30. The molecule has 0 spiro atoms. The Morgan fingerprint density at radius 3 is 2.45 bits per heavy atom. The average molecular weight is 444 g/mol. The molecule has 33 heavy (non-hydrogen) atoms. The van der Waals surface area contributed by atoms with Gasteiger partial charge < -0.3 is 15.4 Å². The fourth-order valence-corrected chi connectivity index (χ4v) is 3.55. The van der Waals surface area contributed by atoms with E-state index in [4.69, 9.17) is 4.74 Å². The minimum Gasteiger partial charge on any atom is -0.496 e. The molecule has 0 radical (unpaired) electrons. The number of para-hydroxylation sites is 3. The lowest BCUT2D eigenvalue weighted by atomic mass is 10.0. The number of anilines is 1. The molecule has 1 unspecified atom stereocenters. The smallest absolute Gasteiger partial charge is 0.255 e. The van der Waals surface area contributed by atoms with Crippen molar-refractivity contribution in [1.82, 2.24) is 19.9 Å². The van der Waals surface area contributed by atoms with Crippen molar-refractivity contribution >= 4 is 28.5 Å². The molecule has 2 aromatic heterocycles. The maximum absolute atomic E-state index is 13.0. The van der Waals surface area contributed by atoms with Crippen LogP contribution < -0.4 is 15.4 Å². The average Bonchev–Trinajstić information content (AvgIpc) is 3.26. The van der Waals surface area contributed by atoms with E-state index in [0.29, 0.717) is 22.8 Å². The number of nitrogens with one attached hydrogen (secondary N) is 2. The number of methoxy groups -OCH3 is 1. The van der Waals surface area contributed by atoms with Crippen molar-refractivity contribution in [3.63, 3.8) is 0 Å². The van der Waals surface area contributed by atoms with Gasteiger partial charge in [0.2, 0.25) is 5.91 Å². The Hall–Kier alpha value is -4.20. The van der Waals surface area contributed by atoms with Crippen LogP contribution in [-0.2, 0) is 4.79 Å². The molecule has 0 fully saturated rings. The van der Waals surface area contributed by atoms with E-state index in [1.54, 1.807) is 42.9 Å². The molecule has 2 aromatic carbocycles. The quantitative estimate of drug-likeness (QED) is 0.452. The number of amides is 2. The number of fused-ring (bicyclic) bond motifs is 1. The number of ether oxygens (including phenoxy) is 1. The van der Waals surface area contributed by atoms with Gasteiger partial charge in [0.05, 0.1) is 35.6 Å². The molecule has 0 aliphatic carbocycles. The van der Waals surface area contributed by atoms with Crippen LogP contribution in [0.15, 0.2) is 73.2 Å². The zero-order valence-corrected chi connectivity index (χ0v) is 18.6. The van der Waals surface area contributed by atoms with Crippen molar-refractivity contribution in [1.29, 1.82) is 0 Å². The largest absolute Gasteiger partial charge is 0.496 e. The third-order valence-corrected chi connectivity index (χ3v) is 5.30. The summed E-state index contributed by atoms with van der Waals surface area (Å²) in [5.41, 5.74) is 2.73. The Bertz CT molecular complexity index is 1280. The Kier molecular flexibility index (Phi) is 6.35. The van der Waals surface area contributed by atoms with Crippen LogP contribution in [-0.4, -0.2) is 39.5 Å². The van der Waals surface area contributed by atoms with E-state index in [9.17, 15) is 9.59 Å². The summed E-state index contributed by atoms with van der Waals surface area (Å²) in [5, 5.41) is 5.66. The highest BCUT2D eigenvalue weighted by molar-refractivity contribution is 6.02. The van der Waals surface area contributed by atoms with Crippen LogP contribution in [0, 0.1) is 5.92 Å². The maximum atomic E-state index is 13.0. The summed E-state index contributed by atoms with van der Waals surface area (Å²) in [6, 6.07) is 17.5. The van der Waals surface area contributed by atoms with Crippen LogP contribution in [0.5, 0.6) is 5.75 Å². The van der Waals surface area contributed by atoms with E-state index in [2.05, 4.69) is 20.6 Å². The summed E-state index contributed by atoms with van der Waals surface area (Å²) < 4.78 is 7.14. The molecule has 0 bridgehead atoms. The number of carbonyl (C=O) groups is 2. The number of nitrogens with zero attached hydrogens (tertiary/aromatic N) is 3. The van der Waals surface area contributed by atoms with Crippen molar-refractivity contribution in [2.24, 2.45) is 5.92 Å². The zero-order chi connectivity index (χ0) is 23.4. The summed E-state index contributed by atoms with van der Waals surface area (Å²) in [6.45, 7) is 3.75. The first-order valence-corrected chi connectivity index (χ1v) is 10.6. The van der Waals surface area contributed by atoms with Gasteiger partial charge in [-0.25, -0.2) is 9.97 Å². The normalized spacial score (nSPS) is 11.9. The monoisotopic (exact) mass is 443 g/mol. The third-order valence-electron chi connectivity index (χ3n) is 5.30. The van der Waals surface area contributed by atoms with Crippen molar-refractivity contribution in [2.45, 2.75) is 19.9 Å². The molecule has 4 rings (SSSR count). The molecule has 0 aliphatic heterocycles. The number of hydrogen-bond acceptors (Lipinski definition) is 5. The van der Waals surface area contributed by atoms with E-state index < -0.39 is 6.04 Å². The minimum atomic E-state index is -0.736. The predicted molar refractivity (Wildman–Crippen MR) is 127 cm³/mol. The molecule has 0 saturated heterocycles. The first-order valence-electron chi connectivity index (χ1n) is 10.6. The van der Waals surface area contributed by atoms with Crippen LogP contribution in [0.25, 0.3) is 16.9 Å². The van der Waals surface area contributed by atoms with Crippen molar-refractivity contribution in [3.8, 4) is 11.6 Å². The third kappa shape index (κ3) is 4.69. The molecule has 8 nitrogen and oxygen atoms in total. The first kappa shape index (κ1) is 22.0. The molecule has 2 amide bonds. The van der Waals surface area contributed by atoms with Gasteiger partial charge in [0.15, 0.2) is 0 Å². The number of carbonyl (C=O) groups excluding carboxylic acids is 2. The second kappa shape index (κ2) is 9.52. The number of benzene rings is 2. The second-order valence-electron chi connectivity index (χ2n) is 7.89. The molecule has 0 aliphatic rings. The fourth-order valence-electron chi connectivity index (χ4n) is 3.55. The van der Waals surface area contributed by atoms with Gasteiger partial charge in [-0.3, -0.25) is 14.2 Å². The number of pyridine rings is 1. The highest BCUT2D eigenvalue weighted by atomic mass is 16.5. The lowest BCUT2D eigenvalue weighted by molar-refractivity contribution is -0.118. The van der Waals surface area contributed by atoms with Gasteiger partial charge in [0.1, 0.15) is 23.9 Å². The molecule has 1 atom stereocenters. The van der Waals surface area contributed by atoms with Gasteiger partial charge in [0.25, 0.3) is 5.91 Å². The molecule has 2 N–H and O–H groups in total. The summed E-state index contributed by atoms with van der Waals surface area (Å²) in [5.74, 6) is 0.308. The summed E-state index contributed by atoms with van der Waals surface area (Å²) in [4.78, 5) is 34.6. The van der Waals surface area contributed by atoms with Gasteiger partial charge in [-0.1, -0.05) is 38.1 Å². The van der Waals surface area contributed by atoms with Crippen LogP contribution in [0.2, 0.25) is 0 Å². The van der Waals surface area contributed by atoms with Gasteiger partial charge in [-0.15, -0.1) is 0 Å². The zero-order valence-electron chi connectivity index (χ0n) is 18.6. The van der Waals surface area contributed by atoms with E-state index in [1.807, 2.05) is 48.7 Å². The molecule has 168 valence electrons. The lowest BCUT2D eigenvalue weighted by Crippen LogP contribution is -2.47. The SMILES string of the molecule is COc1ccccc1C(=O)NC(C(=O)Nc1ccc(-n2cnc3ccccc32)nc1)C(C)C. The van der Waals surface area contributed by atoms with Crippen LogP contribution in [0.3, 0.4) is 0 Å². The Morgan fingerprint density at radius 2 is 1.73 bits per heavy atom. The van der Waals surface area contributed by atoms with Gasteiger partial charge >= 0.3 is 0 Å². The number of aromatic nitrogens is 3. The van der Waals surface area contributed by atoms with Gasteiger partial charge in [-0.05, 0) is 42.3 Å². The van der Waals surface area contributed by atoms with E-state index in [-0.39, 0.29) is 17.7 Å². The van der Waals surface area contributed by atoms with Crippen LogP contribution in [0.1, 0.15) is 24.2 Å². The number of hydrogen-bond donors (Lipinski definition) is 2. The van der Waals surface area contributed by atoms with Gasteiger partial charge in [-0.2, -0.15) is 0 Å². The number of imidazole rings is 1. The molecule has 0 saturated carbocycles. The van der Waals surface area contributed by atoms with Crippen molar-refractivity contribution in [2.75, 3.05) is 12.4 Å². The highest BCUT2D eigenvalue weighted by Gasteiger charge is 2.26. The molecular formula is C25H25N5O3. The Labute approximate surface area is 191 Å². The van der Waals surface area contributed by atoms with E-state index in [1.165, 1.54) is 7.11 Å². The molecule has 8 heteroatoms. The standard InChI is InChI=1S/C25H25N5O3/c1-16(2)23(29-24(31)18-8-4-7-11-21(18)33-3)25(32)28-17-12-13-22(26-14-17)30-15-27-19-9-5-6-10-20(19)30/h4-16,23H,1-3H3,(H,28,32)(H,29,31). The molecule has 2 heterocycles. The number of rotatable bonds is 7. The molecular weight excluding hydrogens is 418 g/mol. The maximum Gasteiger partial charge on any atom is 0.255 e. The topological polar surface area (TPSA) is 98.1 Å². The first-order chi connectivity index (χ1) is 16.0. The van der Waals surface area contributed by atoms with E-state index in [0.717, 1.165) is 11.0 Å².